The number of hydrogen-bond acceptors (Lipinski definition) is 3. The molecule has 1 aromatic carbocycles. The van der Waals surface area contributed by atoms with Gasteiger partial charge in [0.2, 0.25) is 11.8 Å². The zero-order chi connectivity index (χ0) is 19.1. The molecule has 0 aliphatic heterocycles. The third kappa shape index (κ3) is 3.21. The van der Waals surface area contributed by atoms with Crippen LogP contribution in [0.25, 0.3) is 5.69 Å². The Balaban J connectivity index is 1.16. The lowest BCUT2D eigenvalue weighted by Crippen LogP contribution is -2.54. The zero-order valence-corrected chi connectivity index (χ0v) is 15.9. The van der Waals surface area contributed by atoms with Gasteiger partial charge in [0.25, 0.3) is 0 Å². The summed E-state index contributed by atoms with van der Waals surface area (Å²) in [6, 6.07) is 7.55. The Kier molecular flexibility index (Phi) is 4.22. The third-order valence-electron chi connectivity index (χ3n) is 6.88. The van der Waals surface area contributed by atoms with Gasteiger partial charge in [-0.15, -0.1) is 0 Å². The predicted octanol–water partition coefficient (Wildman–Crippen LogP) is 3.14. The Morgan fingerprint density at radius 1 is 1.04 bits per heavy atom. The van der Waals surface area contributed by atoms with Crippen molar-refractivity contribution < 1.29 is 9.59 Å². The molecular formula is C22H26N4O2. The molecule has 0 atom stereocenters. The molecule has 4 aliphatic rings. The molecule has 0 radical (unpaired) electrons. The first-order valence-corrected chi connectivity index (χ1v) is 10.3. The summed E-state index contributed by atoms with van der Waals surface area (Å²) in [6.45, 7) is 0.0316. The van der Waals surface area contributed by atoms with Gasteiger partial charge in [0.1, 0.15) is 0 Å². The minimum Gasteiger partial charge on any atom is -0.347 e. The second kappa shape index (κ2) is 6.76. The molecule has 6 rings (SSSR count). The summed E-state index contributed by atoms with van der Waals surface area (Å²) < 4.78 is 1.90. The fourth-order valence-corrected chi connectivity index (χ4v) is 6.07. The second-order valence-electron chi connectivity index (χ2n) is 8.95. The normalized spacial score (nSPS) is 30.2. The third-order valence-corrected chi connectivity index (χ3v) is 6.88. The van der Waals surface area contributed by atoms with Crippen LogP contribution in [-0.4, -0.2) is 27.9 Å². The van der Waals surface area contributed by atoms with Crippen molar-refractivity contribution in [3.63, 3.8) is 0 Å². The van der Waals surface area contributed by atoms with Crippen molar-refractivity contribution in [3.05, 3.63) is 43.0 Å². The largest absolute Gasteiger partial charge is 0.347 e. The van der Waals surface area contributed by atoms with Crippen LogP contribution in [0.15, 0.2) is 43.0 Å². The first-order valence-electron chi connectivity index (χ1n) is 10.3. The Hall–Kier alpha value is -2.63. The van der Waals surface area contributed by atoms with Gasteiger partial charge in [0, 0.05) is 29.2 Å². The van der Waals surface area contributed by atoms with Gasteiger partial charge in [-0.1, -0.05) is 0 Å². The molecule has 2 N–H and O–H groups in total. The van der Waals surface area contributed by atoms with Crippen LogP contribution in [-0.2, 0) is 9.59 Å². The summed E-state index contributed by atoms with van der Waals surface area (Å²) in [5.41, 5.74) is 1.49. The topological polar surface area (TPSA) is 76.0 Å². The van der Waals surface area contributed by atoms with E-state index in [0.717, 1.165) is 48.4 Å². The maximum atomic E-state index is 12.9. The number of carbonyl (C=O) groups excluding carboxylic acids is 2. The van der Waals surface area contributed by atoms with E-state index in [4.69, 9.17) is 0 Å². The van der Waals surface area contributed by atoms with Gasteiger partial charge >= 0.3 is 0 Å². The van der Waals surface area contributed by atoms with E-state index in [1.807, 2.05) is 35.0 Å². The molecule has 4 bridgehead atoms. The van der Waals surface area contributed by atoms with Crippen LogP contribution >= 0.6 is 0 Å². The Morgan fingerprint density at radius 2 is 1.68 bits per heavy atom. The molecule has 2 amide bonds. The number of nitrogens with zero attached hydrogens (tertiary/aromatic N) is 2. The van der Waals surface area contributed by atoms with Crippen LogP contribution in [0.5, 0.6) is 0 Å². The fraction of sp³-hybridized carbons (Fsp3) is 0.500. The van der Waals surface area contributed by atoms with E-state index in [9.17, 15) is 9.59 Å². The first-order chi connectivity index (χ1) is 13.6. The molecule has 2 aromatic rings. The van der Waals surface area contributed by atoms with Gasteiger partial charge in [0.15, 0.2) is 0 Å². The van der Waals surface area contributed by atoms with Crippen LogP contribution in [0.3, 0.4) is 0 Å². The number of benzene rings is 1. The molecule has 4 aliphatic carbocycles. The maximum Gasteiger partial charge on any atom is 0.243 e. The highest BCUT2D eigenvalue weighted by atomic mass is 16.2. The van der Waals surface area contributed by atoms with Crippen molar-refractivity contribution in [2.24, 2.45) is 23.2 Å². The highest BCUT2D eigenvalue weighted by Gasteiger charge is 2.54. The van der Waals surface area contributed by atoms with E-state index in [-0.39, 0.29) is 23.8 Å². The van der Waals surface area contributed by atoms with Gasteiger partial charge in [-0.05, 0) is 80.5 Å². The lowest BCUT2D eigenvalue weighted by Gasteiger charge is -2.55. The van der Waals surface area contributed by atoms with Crippen LogP contribution in [0.1, 0.15) is 38.5 Å². The molecule has 28 heavy (non-hydrogen) atoms. The molecule has 1 aromatic heterocycles. The highest BCUT2D eigenvalue weighted by Crippen LogP contribution is 2.60. The van der Waals surface area contributed by atoms with Crippen molar-refractivity contribution >= 4 is 17.5 Å². The van der Waals surface area contributed by atoms with Gasteiger partial charge in [-0.2, -0.15) is 0 Å². The minimum atomic E-state index is -0.207. The van der Waals surface area contributed by atoms with E-state index < -0.39 is 0 Å². The molecule has 1 heterocycles. The number of rotatable bonds is 5. The number of imidazole rings is 1. The van der Waals surface area contributed by atoms with Crippen LogP contribution in [0, 0.1) is 23.2 Å². The van der Waals surface area contributed by atoms with Crippen LogP contribution in [0.4, 0.5) is 5.69 Å². The van der Waals surface area contributed by atoms with Crippen molar-refractivity contribution in [2.45, 2.75) is 38.5 Å². The number of carbonyl (C=O) groups is 2. The minimum absolute atomic E-state index is 0.0316. The second-order valence-corrected chi connectivity index (χ2v) is 8.95. The maximum absolute atomic E-state index is 12.9. The SMILES string of the molecule is O=C(CNC(=O)C12CC3CC(CC(C3)C1)C2)Nc1ccc(-n2ccnc2)cc1. The molecule has 6 heteroatoms. The Bertz CT molecular complexity index is 837. The van der Waals surface area contributed by atoms with E-state index in [1.165, 1.54) is 19.3 Å². The lowest BCUT2D eigenvalue weighted by molar-refractivity contribution is -0.146. The monoisotopic (exact) mass is 378 g/mol. The highest BCUT2D eigenvalue weighted by molar-refractivity contribution is 5.95. The number of amides is 2. The van der Waals surface area contributed by atoms with E-state index in [1.54, 1.807) is 12.5 Å². The zero-order valence-electron chi connectivity index (χ0n) is 15.9. The average Bonchev–Trinajstić information content (AvgIpc) is 3.20. The lowest BCUT2D eigenvalue weighted by atomic mass is 9.49. The van der Waals surface area contributed by atoms with Gasteiger partial charge < -0.3 is 15.2 Å². The summed E-state index contributed by atoms with van der Waals surface area (Å²) in [5.74, 6) is 2.07. The molecule has 4 fully saturated rings. The number of hydrogen-bond donors (Lipinski definition) is 2. The molecule has 0 saturated heterocycles. The van der Waals surface area contributed by atoms with Crippen LogP contribution < -0.4 is 10.6 Å². The fourth-order valence-electron chi connectivity index (χ4n) is 6.07. The first kappa shape index (κ1) is 17.5. The van der Waals surface area contributed by atoms with E-state index >= 15 is 0 Å². The summed E-state index contributed by atoms with van der Waals surface area (Å²) in [6.07, 6.45) is 12.3. The summed E-state index contributed by atoms with van der Waals surface area (Å²) in [5, 5.41) is 5.80. The smallest absolute Gasteiger partial charge is 0.243 e. The molecule has 4 saturated carbocycles. The van der Waals surface area contributed by atoms with E-state index in [0.29, 0.717) is 0 Å². The van der Waals surface area contributed by atoms with Crippen molar-refractivity contribution in [1.29, 1.82) is 0 Å². The Labute approximate surface area is 164 Å². The summed E-state index contributed by atoms with van der Waals surface area (Å²) >= 11 is 0. The summed E-state index contributed by atoms with van der Waals surface area (Å²) in [7, 11) is 0. The number of anilines is 1. The summed E-state index contributed by atoms with van der Waals surface area (Å²) in [4.78, 5) is 29.3. The Morgan fingerprint density at radius 3 is 2.25 bits per heavy atom. The van der Waals surface area contributed by atoms with Crippen molar-refractivity contribution in [2.75, 3.05) is 11.9 Å². The molecule has 0 unspecified atom stereocenters. The predicted molar refractivity (Wildman–Crippen MR) is 106 cm³/mol. The van der Waals surface area contributed by atoms with Gasteiger partial charge in [-0.3, -0.25) is 9.59 Å². The molecular weight excluding hydrogens is 352 g/mol. The standard InChI is InChI=1S/C22H26N4O2/c27-20(25-18-1-3-19(4-2-18)26-6-5-23-14-26)13-24-21(28)22-10-15-7-16(11-22)9-17(8-15)12-22/h1-6,14-17H,7-13H2,(H,24,28)(H,25,27). The quantitative estimate of drug-likeness (QED) is 0.839. The van der Waals surface area contributed by atoms with E-state index in [2.05, 4.69) is 15.6 Å². The van der Waals surface area contributed by atoms with Gasteiger partial charge in [0.05, 0.1) is 12.9 Å². The van der Waals surface area contributed by atoms with Gasteiger partial charge in [-0.25, -0.2) is 4.98 Å². The average molecular weight is 378 g/mol. The number of aromatic nitrogens is 2. The van der Waals surface area contributed by atoms with Crippen LogP contribution in [0.2, 0.25) is 0 Å². The number of nitrogens with one attached hydrogen (secondary N) is 2. The van der Waals surface area contributed by atoms with Crippen molar-refractivity contribution in [3.8, 4) is 5.69 Å². The van der Waals surface area contributed by atoms with Crippen molar-refractivity contribution in [1.82, 2.24) is 14.9 Å². The molecule has 146 valence electrons. The molecule has 6 nitrogen and oxygen atoms in total. The molecule has 0 spiro atoms.